The van der Waals surface area contributed by atoms with Gasteiger partial charge in [-0.15, -0.1) is 0 Å². The fourth-order valence-corrected chi connectivity index (χ4v) is 1.82. The third-order valence-electron chi connectivity index (χ3n) is 3.01. The molecule has 0 bridgehead atoms. The van der Waals surface area contributed by atoms with Crippen LogP contribution in [0.15, 0.2) is 47.6 Å². The fourth-order valence-electron chi connectivity index (χ4n) is 1.82. The van der Waals surface area contributed by atoms with Crippen LogP contribution in [-0.2, 0) is 6.54 Å². The number of ether oxygens (including phenoxy) is 1. The molecule has 0 saturated carbocycles. The van der Waals surface area contributed by atoms with Gasteiger partial charge in [-0.3, -0.25) is 0 Å². The molecular weight excluding hydrogens is 273 g/mol. The number of nitrogens with zero attached hydrogens (tertiary/aromatic N) is 1. The molecule has 0 heterocycles. The van der Waals surface area contributed by atoms with E-state index in [4.69, 9.17) is 15.7 Å². The van der Waals surface area contributed by atoms with Crippen molar-refractivity contribution in [2.75, 3.05) is 12.4 Å². The fraction of sp³-hybridized carbons (Fsp3) is 0.133. The summed E-state index contributed by atoms with van der Waals surface area (Å²) in [5.41, 5.74) is 7.90. The standard InChI is InChI=1S/C15H16FN3O2/c1-21-14-8-12(6-7-13(14)16)18-9-10-2-4-11(5-3-10)15(17)19-20/h2-8,18,20H,9H2,1H3,(H2,17,19). The van der Waals surface area contributed by atoms with Gasteiger partial charge in [0.2, 0.25) is 0 Å². The van der Waals surface area contributed by atoms with Crippen LogP contribution in [0.4, 0.5) is 10.1 Å². The molecule has 0 aromatic heterocycles. The van der Waals surface area contributed by atoms with E-state index in [-0.39, 0.29) is 11.6 Å². The number of amidine groups is 1. The highest BCUT2D eigenvalue weighted by molar-refractivity contribution is 5.96. The topological polar surface area (TPSA) is 79.9 Å². The molecule has 0 saturated heterocycles. The van der Waals surface area contributed by atoms with Gasteiger partial charge in [0.05, 0.1) is 7.11 Å². The van der Waals surface area contributed by atoms with Crippen molar-refractivity contribution in [2.24, 2.45) is 10.9 Å². The maximum atomic E-state index is 13.3. The first-order valence-corrected chi connectivity index (χ1v) is 6.28. The van der Waals surface area contributed by atoms with Crippen LogP contribution in [0.5, 0.6) is 5.75 Å². The zero-order chi connectivity index (χ0) is 15.2. The van der Waals surface area contributed by atoms with Crippen molar-refractivity contribution < 1.29 is 14.3 Å². The van der Waals surface area contributed by atoms with E-state index in [0.717, 1.165) is 11.3 Å². The molecule has 0 atom stereocenters. The minimum atomic E-state index is -0.397. The van der Waals surface area contributed by atoms with Crippen molar-refractivity contribution in [3.63, 3.8) is 0 Å². The molecule has 6 heteroatoms. The van der Waals surface area contributed by atoms with Crippen LogP contribution >= 0.6 is 0 Å². The van der Waals surface area contributed by atoms with Gasteiger partial charge in [0.15, 0.2) is 17.4 Å². The van der Waals surface area contributed by atoms with Crippen LogP contribution < -0.4 is 15.8 Å². The summed E-state index contributed by atoms with van der Waals surface area (Å²) in [4.78, 5) is 0. The average molecular weight is 289 g/mol. The van der Waals surface area contributed by atoms with Crippen LogP contribution in [0.25, 0.3) is 0 Å². The maximum Gasteiger partial charge on any atom is 0.170 e. The van der Waals surface area contributed by atoms with Crippen LogP contribution in [0.2, 0.25) is 0 Å². The zero-order valence-corrected chi connectivity index (χ0v) is 11.5. The Morgan fingerprint density at radius 1 is 1.29 bits per heavy atom. The lowest BCUT2D eigenvalue weighted by molar-refractivity contribution is 0.318. The summed E-state index contributed by atoms with van der Waals surface area (Å²) >= 11 is 0. The summed E-state index contributed by atoms with van der Waals surface area (Å²) in [6.45, 7) is 0.561. The molecule has 0 spiro atoms. The molecule has 2 aromatic carbocycles. The molecule has 0 aliphatic carbocycles. The van der Waals surface area contributed by atoms with Crippen molar-refractivity contribution >= 4 is 11.5 Å². The number of oxime groups is 1. The van der Waals surface area contributed by atoms with Crippen LogP contribution in [0.3, 0.4) is 0 Å². The highest BCUT2D eigenvalue weighted by atomic mass is 19.1. The highest BCUT2D eigenvalue weighted by Gasteiger charge is 2.04. The molecule has 0 aliphatic heterocycles. The van der Waals surface area contributed by atoms with Gasteiger partial charge < -0.3 is 21.0 Å². The van der Waals surface area contributed by atoms with Crippen molar-refractivity contribution in [2.45, 2.75) is 6.54 Å². The molecule has 110 valence electrons. The molecule has 5 nitrogen and oxygen atoms in total. The number of methoxy groups -OCH3 is 1. The van der Waals surface area contributed by atoms with E-state index in [1.807, 2.05) is 12.1 Å². The van der Waals surface area contributed by atoms with Gasteiger partial charge in [-0.2, -0.15) is 0 Å². The lowest BCUT2D eigenvalue weighted by Crippen LogP contribution is -2.13. The van der Waals surface area contributed by atoms with Gasteiger partial charge in [0, 0.05) is 23.9 Å². The third-order valence-corrected chi connectivity index (χ3v) is 3.01. The molecule has 0 aliphatic rings. The SMILES string of the molecule is COc1cc(NCc2ccc(/C(N)=N/O)cc2)ccc1F. The van der Waals surface area contributed by atoms with E-state index >= 15 is 0 Å². The van der Waals surface area contributed by atoms with E-state index in [1.165, 1.54) is 13.2 Å². The maximum absolute atomic E-state index is 13.3. The first kappa shape index (κ1) is 14.6. The Morgan fingerprint density at radius 2 is 2.00 bits per heavy atom. The lowest BCUT2D eigenvalue weighted by Gasteiger charge is -2.09. The Bertz CT molecular complexity index is 642. The van der Waals surface area contributed by atoms with Gasteiger partial charge >= 0.3 is 0 Å². The summed E-state index contributed by atoms with van der Waals surface area (Å²) < 4.78 is 18.2. The second-order valence-corrected chi connectivity index (χ2v) is 4.39. The number of nitrogens with two attached hydrogens (primary N) is 1. The molecule has 2 aromatic rings. The minimum Gasteiger partial charge on any atom is -0.494 e. The predicted molar refractivity (Wildman–Crippen MR) is 79.2 cm³/mol. The van der Waals surface area contributed by atoms with Gasteiger partial charge in [0.25, 0.3) is 0 Å². The number of hydrogen-bond donors (Lipinski definition) is 3. The van der Waals surface area contributed by atoms with Crippen LogP contribution in [0, 0.1) is 5.82 Å². The number of anilines is 1. The summed E-state index contributed by atoms with van der Waals surface area (Å²) in [5, 5.41) is 14.7. The number of nitrogens with one attached hydrogen (secondary N) is 1. The summed E-state index contributed by atoms with van der Waals surface area (Å²) in [7, 11) is 1.42. The van der Waals surface area contributed by atoms with E-state index in [9.17, 15) is 4.39 Å². The molecule has 4 N–H and O–H groups in total. The van der Waals surface area contributed by atoms with Crippen molar-refractivity contribution in [3.05, 3.63) is 59.4 Å². The summed E-state index contributed by atoms with van der Waals surface area (Å²) in [5.74, 6) is -0.133. The monoisotopic (exact) mass is 289 g/mol. The largest absolute Gasteiger partial charge is 0.494 e. The van der Waals surface area contributed by atoms with Crippen molar-refractivity contribution in [1.29, 1.82) is 0 Å². The second-order valence-electron chi connectivity index (χ2n) is 4.39. The number of rotatable bonds is 5. The third kappa shape index (κ3) is 3.62. The normalized spacial score (nSPS) is 11.2. The molecule has 0 fully saturated rings. The van der Waals surface area contributed by atoms with Gasteiger partial charge in [-0.25, -0.2) is 4.39 Å². The Morgan fingerprint density at radius 3 is 2.62 bits per heavy atom. The first-order chi connectivity index (χ1) is 10.1. The Kier molecular flexibility index (Phi) is 4.61. The lowest BCUT2D eigenvalue weighted by atomic mass is 10.1. The Labute approximate surface area is 121 Å². The molecule has 21 heavy (non-hydrogen) atoms. The zero-order valence-electron chi connectivity index (χ0n) is 11.5. The Balaban J connectivity index is 2.03. The number of halogens is 1. The van der Waals surface area contributed by atoms with Gasteiger partial charge in [0.1, 0.15) is 0 Å². The summed E-state index contributed by atoms with van der Waals surface area (Å²) in [6, 6.07) is 11.8. The first-order valence-electron chi connectivity index (χ1n) is 6.28. The predicted octanol–water partition coefficient (Wildman–Crippen LogP) is 2.54. The average Bonchev–Trinajstić information content (AvgIpc) is 2.53. The molecule has 0 amide bonds. The number of benzene rings is 2. The molecule has 0 radical (unpaired) electrons. The van der Waals surface area contributed by atoms with Gasteiger partial charge in [-0.1, -0.05) is 29.4 Å². The highest BCUT2D eigenvalue weighted by Crippen LogP contribution is 2.21. The van der Waals surface area contributed by atoms with E-state index < -0.39 is 5.82 Å². The van der Waals surface area contributed by atoms with E-state index in [2.05, 4.69) is 10.5 Å². The van der Waals surface area contributed by atoms with Gasteiger partial charge in [-0.05, 0) is 17.7 Å². The Hall–Kier alpha value is -2.76. The minimum absolute atomic E-state index is 0.0674. The smallest absolute Gasteiger partial charge is 0.170 e. The summed E-state index contributed by atoms with van der Waals surface area (Å²) in [6.07, 6.45) is 0. The van der Waals surface area contributed by atoms with E-state index in [0.29, 0.717) is 12.1 Å². The molecular formula is C15H16FN3O2. The molecule has 2 rings (SSSR count). The number of hydrogen-bond acceptors (Lipinski definition) is 4. The quantitative estimate of drug-likeness (QED) is 0.342. The van der Waals surface area contributed by atoms with E-state index in [1.54, 1.807) is 24.3 Å². The van der Waals surface area contributed by atoms with Crippen LogP contribution in [-0.4, -0.2) is 18.2 Å². The van der Waals surface area contributed by atoms with Crippen molar-refractivity contribution in [1.82, 2.24) is 0 Å². The van der Waals surface area contributed by atoms with Crippen LogP contribution in [0.1, 0.15) is 11.1 Å². The van der Waals surface area contributed by atoms with Crippen molar-refractivity contribution in [3.8, 4) is 5.75 Å². The second kappa shape index (κ2) is 6.60. The molecule has 0 unspecified atom stereocenters.